The molecule has 0 saturated carbocycles. The Kier molecular flexibility index (Phi) is 5.50. The van der Waals surface area contributed by atoms with Crippen molar-refractivity contribution in [2.45, 2.75) is 17.9 Å². The van der Waals surface area contributed by atoms with Gasteiger partial charge in [0.2, 0.25) is 0 Å². The summed E-state index contributed by atoms with van der Waals surface area (Å²) in [5.74, 6) is 0. The minimum Gasteiger partial charge on any atom is -0.378 e. The summed E-state index contributed by atoms with van der Waals surface area (Å²) in [5.41, 5.74) is 1.97. The van der Waals surface area contributed by atoms with Crippen LogP contribution < -0.4 is 5.32 Å². The van der Waals surface area contributed by atoms with Crippen LogP contribution in [0.25, 0.3) is 0 Å². The monoisotopic (exact) mass is 345 g/mol. The van der Waals surface area contributed by atoms with Crippen LogP contribution in [-0.4, -0.2) is 6.26 Å². The van der Waals surface area contributed by atoms with E-state index in [4.69, 9.17) is 34.8 Å². The highest BCUT2D eigenvalue weighted by Gasteiger charge is 2.14. The van der Waals surface area contributed by atoms with Crippen molar-refractivity contribution >= 4 is 52.3 Å². The number of benzene rings is 2. The highest BCUT2D eigenvalue weighted by atomic mass is 35.5. The summed E-state index contributed by atoms with van der Waals surface area (Å²) in [6.45, 7) is 2.04. The van der Waals surface area contributed by atoms with E-state index < -0.39 is 0 Å². The van der Waals surface area contributed by atoms with E-state index in [1.807, 2.05) is 25.1 Å². The first-order valence-corrected chi connectivity index (χ1v) is 8.42. The van der Waals surface area contributed by atoms with Gasteiger partial charge in [-0.05, 0) is 43.0 Å². The summed E-state index contributed by atoms with van der Waals surface area (Å²) in [6, 6.07) is 11.9. The average Bonchev–Trinajstić information content (AvgIpc) is 2.45. The van der Waals surface area contributed by atoms with Crippen molar-refractivity contribution in [3.63, 3.8) is 0 Å². The van der Waals surface area contributed by atoms with Crippen LogP contribution in [0.3, 0.4) is 0 Å². The molecule has 0 amide bonds. The quantitative estimate of drug-likeness (QED) is 0.498. The lowest BCUT2D eigenvalue weighted by Crippen LogP contribution is -2.07. The molecule has 0 heterocycles. The molecule has 5 heteroatoms. The van der Waals surface area contributed by atoms with Gasteiger partial charge in [-0.2, -0.15) is 0 Å². The van der Waals surface area contributed by atoms with Crippen LogP contribution >= 0.6 is 46.6 Å². The van der Waals surface area contributed by atoms with E-state index in [0.717, 1.165) is 11.3 Å². The van der Waals surface area contributed by atoms with Gasteiger partial charge in [0.1, 0.15) is 0 Å². The molecule has 0 saturated heterocycles. The topological polar surface area (TPSA) is 12.0 Å². The molecule has 1 unspecified atom stereocenters. The zero-order valence-corrected chi connectivity index (χ0v) is 14.2. The fourth-order valence-electron chi connectivity index (χ4n) is 1.92. The molecule has 0 aliphatic heterocycles. The Hall–Kier alpha value is -0.540. The van der Waals surface area contributed by atoms with E-state index >= 15 is 0 Å². The smallest absolute Gasteiger partial charge is 0.0782 e. The van der Waals surface area contributed by atoms with E-state index in [9.17, 15) is 0 Å². The predicted octanol–water partition coefficient (Wildman–Crippen LogP) is 6.54. The molecule has 1 atom stereocenters. The van der Waals surface area contributed by atoms with Gasteiger partial charge < -0.3 is 5.32 Å². The molecule has 0 aliphatic rings. The van der Waals surface area contributed by atoms with Crippen LogP contribution in [0.4, 0.5) is 5.69 Å². The number of hydrogen-bond acceptors (Lipinski definition) is 2. The van der Waals surface area contributed by atoms with Gasteiger partial charge in [-0.1, -0.05) is 46.9 Å². The molecule has 106 valence electrons. The normalized spacial score (nSPS) is 12.2. The molecule has 0 bridgehead atoms. The number of rotatable bonds is 4. The van der Waals surface area contributed by atoms with Crippen molar-refractivity contribution in [3.8, 4) is 0 Å². The van der Waals surface area contributed by atoms with Gasteiger partial charge in [0.25, 0.3) is 0 Å². The van der Waals surface area contributed by atoms with Gasteiger partial charge in [0, 0.05) is 10.6 Å². The van der Waals surface area contributed by atoms with Gasteiger partial charge in [-0.15, -0.1) is 11.8 Å². The van der Waals surface area contributed by atoms with Crippen molar-refractivity contribution in [1.82, 2.24) is 0 Å². The Bertz CT molecular complexity index is 616. The SMILES string of the molecule is CSc1cccc(NC(C)c2ccc(Cl)c(Cl)c2Cl)c1. The largest absolute Gasteiger partial charge is 0.378 e. The van der Waals surface area contributed by atoms with Gasteiger partial charge in [0.05, 0.1) is 21.1 Å². The Labute approximate surface area is 138 Å². The molecule has 2 rings (SSSR count). The second-order valence-electron chi connectivity index (χ2n) is 4.36. The summed E-state index contributed by atoms with van der Waals surface area (Å²) in [5, 5.41) is 4.79. The van der Waals surface area contributed by atoms with Crippen molar-refractivity contribution in [2.24, 2.45) is 0 Å². The first-order valence-electron chi connectivity index (χ1n) is 6.07. The molecule has 1 N–H and O–H groups in total. The van der Waals surface area contributed by atoms with Crippen molar-refractivity contribution in [3.05, 3.63) is 57.0 Å². The summed E-state index contributed by atoms with van der Waals surface area (Å²) in [6.07, 6.45) is 2.05. The van der Waals surface area contributed by atoms with Crippen molar-refractivity contribution in [2.75, 3.05) is 11.6 Å². The fourth-order valence-corrected chi connectivity index (χ4v) is 3.08. The lowest BCUT2D eigenvalue weighted by Gasteiger charge is -2.18. The van der Waals surface area contributed by atoms with E-state index in [-0.39, 0.29) is 6.04 Å². The third-order valence-electron chi connectivity index (χ3n) is 2.98. The highest BCUT2D eigenvalue weighted by molar-refractivity contribution is 7.98. The summed E-state index contributed by atoms with van der Waals surface area (Å²) in [7, 11) is 0. The second kappa shape index (κ2) is 6.95. The van der Waals surface area contributed by atoms with Gasteiger partial charge >= 0.3 is 0 Å². The maximum Gasteiger partial charge on any atom is 0.0782 e. The maximum atomic E-state index is 6.26. The molecule has 0 fully saturated rings. The number of hydrogen-bond donors (Lipinski definition) is 1. The average molecular weight is 347 g/mol. The molecule has 0 radical (unpaired) electrons. The fraction of sp³-hybridized carbons (Fsp3) is 0.200. The Morgan fingerprint density at radius 3 is 2.50 bits per heavy atom. The molecule has 1 nitrogen and oxygen atoms in total. The summed E-state index contributed by atoms with van der Waals surface area (Å²) in [4.78, 5) is 1.21. The molecule has 2 aromatic rings. The minimum absolute atomic E-state index is 0.0365. The predicted molar refractivity (Wildman–Crippen MR) is 91.7 cm³/mol. The highest BCUT2D eigenvalue weighted by Crippen LogP contribution is 2.36. The van der Waals surface area contributed by atoms with Crippen molar-refractivity contribution < 1.29 is 0 Å². The van der Waals surface area contributed by atoms with E-state index in [1.54, 1.807) is 17.8 Å². The van der Waals surface area contributed by atoms with Crippen LogP contribution in [0.2, 0.25) is 15.1 Å². The van der Waals surface area contributed by atoms with Crippen molar-refractivity contribution in [1.29, 1.82) is 0 Å². The summed E-state index contributed by atoms with van der Waals surface area (Å²) < 4.78 is 0. The van der Waals surface area contributed by atoms with Crippen LogP contribution in [-0.2, 0) is 0 Å². The third kappa shape index (κ3) is 3.56. The number of anilines is 1. The molecule has 0 aromatic heterocycles. The van der Waals surface area contributed by atoms with Gasteiger partial charge in [0.15, 0.2) is 0 Å². The lowest BCUT2D eigenvalue weighted by atomic mass is 10.1. The molecular formula is C15H14Cl3NS. The number of halogens is 3. The maximum absolute atomic E-state index is 6.26. The Morgan fingerprint density at radius 1 is 1.05 bits per heavy atom. The van der Waals surface area contributed by atoms with Crippen LogP contribution in [0, 0.1) is 0 Å². The summed E-state index contributed by atoms with van der Waals surface area (Å²) >= 11 is 20.0. The molecular weight excluding hydrogens is 333 g/mol. The molecule has 0 aliphatic carbocycles. The second-order valence-corrected chi connectivity index (χ2v) is 6.41. The standard InChI is InChI=1S/C15H14Cl3NS/c1-9(12-6-7-13(16)15(18)14(12)17)19-10-4-3-5-11(8-10)20-2/h3-9,19H,1-2H3. The number of nitrogens with one attached hydrogen (secondary N) is 1. The Balaban J connectivity index is 2.23. The zero-order chi connectivity index (χ0) is 14.7. The van der Waals surface area contributed by atoms with Crippen LogP contribution in [0.5, 0.6) is 0 Å². The zero-order valence-electron chi connectivity index (χ0n) is 11.1. The minimum atomic E-state index is 0.0365. The van der Waals surface area contributed by atoms with E-state index in [1.165, 1.54) is 4.90 Å². The lowest BCUT2D eigenvalue weighted by molar-refractivity contribution is 0.884. The first-order chi connectivity index (χ1) is 9.52. The van der Waals surface area contributed by atoms with Gasteiger partial charge in [-0.25, -0.2) is 0 Å². The molecule has 0 spiro atoms. The van der Waals surface area contributed by atoms with E-state index in [0.29, 0.717) is 15.1 Å². The molecule has 2 aromatic carbocycles. The Morgan fingerprint density at radius 2 is 1.80 bits per heavy atom. The first kappa shape index (κ1) is 15.8. The van der Waals surface area contributed by atoms with Crippen LogP contribution in [0.1, 0.15) is 18.5 Å². The third-order valence-corrected chi connectivity index (χ3v) is 5.02. The molecule has 20 heavy (non-hydrogen) atoms. The van der Waals surface area contributed by atoms with Gasteiger partial charge in [-0.3, -0.25) is 0 Å². The number of thioether (sulfide) groups is 1. The van der Waals surface area contributed by atoms with Crippen LogP contribution in [0.15, 0.2) is 41.3 Å². The van der Waals surface area contributed by atoms with E-state index in [2.05, 4.69) is 23.7 Å².